The molecule has 0 unspecified atom stereocenters. The zero-order valence-electron chi connectivity index (χ0n) is 12.8. The highest BCUT2D eigenvalue weighted by Crippen LogP contribution is 2.26. The van der Waals surface area contributed by atoms with Crippen molar-refractivity contribution in [3.8, 4) is 6.07 Å². The molecule has 0 spiro atoms. The van der Waals surface area contributed by atoms with Crippen LogP contribution in [0.15, 0.2) is 30.5 Å². The maximum atomic E-state index is 8.64. The van der Waals surface area contributed by atoms with E-state index < -0.39 is 0 Å². The summed E-state index contributed by atoms with van der Waals surface area (Å²) in [5.41, 5.74) is 4.79. The van der Waals surface area contributed by atoms with Crippen molar-refractivity contribution in [2.24, 2.45) is 0 Å². The Balaban J connectivity index is 1.50. The molecule has 3 heterocycles. The topological polar surface area (TPSA) is 82.3 Å². The molecule has 6 nitrogen and oxygen atoms in total. The van der Waals surface area contributed by atoms with E-state index in [-0.39, 0.29) is 0 Å². The number of benzene rings is 1. The number of aryl methyl sites for hydroxylation is 1. The van der Waals surface area contributed by atoms with Crippen LogP contribution in [0.5, 0.6) is 0 Å². The zero-order valence-corrected chi connectivity index (χ0v) is 12.8. The summed E-state index contributed by atoms with van der Waals surface area (Å²) in [6.07, 6.45) is 4.08. The Morgan fingerprint density at radius 3 is 3.17 bits per heavy atom. The highest BCUT2D eigenvalue weighted by molar-refractivity contribution is 5.84. The summed E-state index contributed by atoms with van der Waals surface area (Å²) >= 11 is 0. The van der Waals surface area contributed by atoms with Crippen molar-refractivity contribution in [1.29, 1.82) is 5.26 Å². The van der Waals surface area contributed by atoms with Gasteiger partial charge in [-0.25, -0.2) is 0 Å². The van der Waals surface area contributed by atoms with Crippen LogP contribution in [0.25, 0.3) is 10.9 Å². The second-order valence-corrected chi connectivity index (χ2v) is 6.00. The Bertz CT molecular complexity index is 869. The van der Waals surface area contributed by atoms with Gasteiger partial charge >= 0.3 is 0 Å². The highest BCUT2D eigenvalue weighted by Gasteiger charge is 2.22. The molecule has 1 atom stereocenters. The number of rotatable bonds is 4. The van der Waals surface area contributed by atoms with E-state index in [2.05, 4.69) is 50.9 Å². The number of aromatic amines is 1. The number of hydrogen-bond acceptors (Lipinski definition) is 4. The zero-order chi connectivity index (χ0) is 15.6. The summed E-state index contributed by atoms with van der Waals surface area (Å²) in [7, 11) is 0. The van der Waals surface area contributed by atoms with E-state index >= 15 is 0 Å². The first-order chi connectivity index (χ1) is 11.3. The molecule has 0 aliphatic carbocycles. The summed E-state index contributed by atoms with van der Waals surface area (Å²) < 4.78 is 1.88. The van der Waals surface area contributed by atoms with E-state index in [1.54, 1.807) is 0 Å². The number of hydrogen-bond donors (Lipinski definition) is 2. The van der Waals surface area contributed by atoms with E-state index in [4.69, 9.17) is 5.26 Å². The van der Waals surface area contributed by atoms with Crippen LogP contribution in [0.3, 0.4) is 0 Å². The normalized spacial score (nSPS) is 17.1. The van der Waals surface area contributed by atoms with Gasteiger partial charge in [-0.15, -0.1) is 5.10 Å². The molecule has 0 amide bonds. The molecule has 4 rings (SSSR count). The lowest BCUT2D eigenvalue weighted by Crippen LogP contribution is -2.38. The number of nitrogens with one attached hydrogen (secondary N) is 2. The van der Waals surface area contributed by atoms with Gasteiger partial charge in [0.25, 0.3) is 0 Å². The van der Waals surface area contributed by atoms with Gasteiger partial charge in [0.2, 0.25) is 0 Å². The predicted octanol–water partition coefficient (Wildman–Crippen LogP) is 1.93. The molecule has 0 fully saturated rings. The predicted molar refractivity (Wildman–Crippen MR) is 86.6 cm³/mol. The summed E-state index contributed by atoms with van der Waals surface area (Å²) in [4.78, 5) is 3.50. The van der Waals surface area contributed by atoms with Crippen LogP contribution in [0.4, 0.5) is 0 Å². The van der Waals surface area contributed by atoms with E-state index in [0.717, 1.165) is 25.2 Å². The third kappa shape index (κ3) is 2.71. The highest BCUT2D eigenvalue weighted by atomic mass is 15.4. The van der Waals surface area contributed by atoms with Gasteiger partial charge in [0, 0.05) is 48.2 Å². The van der Waals surface area contributed by atoms with E-state index in [1.807, 2.05) is 10.9 Å². The van der Waals surface area contributed by atoms with Crippen LogP contribution in [0, 0.1) is 11.3 Å². The van der Waals surface area contributed by atoms with Crippen molar-refractivity contribution < 1.29 is 0 Å². The molecule has 6 heteroatoms. The molecule has 0 bridgehead atoms. The lowest BCUT2D eigenvalue weighted by atomic mass is 9.98. The molecule has 0 saturated carbocycles. The van der Waals surface area contributed by atoms with Gasteiger partial charge in [0.15, 0.2) is 0 Å². The average Bonchev–Trinajstić information content (AvgIpc) is 3.17. The molecule has 1 aromatic carbocycles. The smallest absolute Gasteiger partial charge is 0.0837 e. The van der Waals surface area contributed by atoms with Crippen molar-refractivity contribution in [2.75, 3.05) is 0 Å². The van der Waals surface area contributed by atoms with Crippen molar-refractivity contribution >= 4 is 10.9 Å². The second kappa shape index (κ2) is 5.86. The minimum Gasteiger partial charge on any atom is -0.357 e. The molecule has 2 N–H and O–H groups in total. The molecule has 116 valence electrons. The largest absolute Gasteiger partial charge is 0.357 e. The number of fused-ring (bicyclic) bond motifs is 3. The van der Waals surface area contributed by atoms with Gasteiger partial charge in [0.05, 0.1) is 18.3 Å². The number of para-hydroxylation sites is 1. The minimum atomic E-state index is 0.340. The molecule has 0 saturated heterocycles. The first-order valence-corrected chi connectivity index (χ1v) is 7.91. The van der Waals surface area contributed by atoms with E-state index in [1.165, 1.54) is 22.2 Å². The Kier molecular flexibility index (Phi) is 3.56. The minimum absolute atomic E-state index is 0.340. The Morgan fingerprint density at radius 2 is 2.26 bits per heavy atom. The van der Waals surface area contributed by atoms with Gasteiger partial charge in [-0.3, -0.25) is 4.68 Å². The maximum Gasteiger partial charge on any atom is 0.0837 e. The van der Waals surface area contributed by atoms with Gasteiger partial charge in [-0.05, 0) is 18.1 Å². The van der Waals surface area contributed by atoms with Gasteiger partial charge in [-0.1, -0.05) is 23.4 Å². The Labute approximate surface area is 134 Å². The van der Waals surface area contributed by atoms with Crippen LogP contribution < -0.4 is 5.32 Å². The quantitative estimate of drug-likeness (QED) is 0.771. The molecule has 1 aliphatic rings. The summed E-state index contributed by atoms with van der Waals surface area (Å²) in [6.45, 7) is 1.64. The molecular weight excluding hydrogens is 288 g/mol. The first-order valence-electron chi connectivity index (χ1n) is 7.91. The van der Waals surface area contributed by atoms with Crippen LogP contribution >= 0.6 is 0 Å². The number of aromatic nitrogens is 4. The summed E-state index contributed by atoms with van der Waals surface area (Å²) in [6, 6.07) is 10.9. The van der Waals surface area contributed by atoms with Crippen LogP contribution in [-0.2, 0) is 25.9 Å². The average molecular weight is 306 g/mol. The Hall–Kier alpha value is -2.65. The second-order valence-electron chi connectivity index (χ2n) is 6.00. The molecule has 1 aliphatic heterocycles. The van der Waals surface area contributed by atoms with Crippen molar-refractivity contribution in [3.63, 3.8) is 0 Å². The van der Waals surface area contributed by atoms with Crippen LogP contribution in [0.1, 0.15) is 23.4 Å². The first kappa shape index (κ1) is 14.0. The number of H-pyrrole nitrogens is 1. The third-order valence-corrected chi connectivity index (χ3v) is 4.41. The van der Waals surface area contributed by atoms with Gasteiger partial charge in [-0.2, -0.15) is 5.26 Å². The monoisotopic (exact) mass is 306 g/mol. The fourth-order valence-corrected chi connectivity index (χ4v) is 3.29. The Morgan fingerprint density at radius 1 is 1.35 bits per heavy atom. The molecule has 2 aromatic heterocycles. The maximum absolute atomic E-state index is 8.64. The van der Waals surface area contributed by atoms with Crippen LogP contribution in [0.2, 0.25) is 0 Å². The van der Waals surface area contributed by atoms with Gasteiger partial charge in [0.1, 0.15) is 0 Å². The SMILES string of the molecule is N#CCCc1cn(C[C@@H]2Cc3c([nH]c4ccccc34)CN2)nn1. The van der Waals surface area contributed by atoms with E-state index in [0.29, 0.717) is 18.9 Å². The fourth-order valence-electron chi connectivity index (χ4n) is 3.29. The lowest BCUT2D eigenvalue weighted by molar-refractivity contribution is 0.398. The number of nitrogens with zero attached hydrogens (tertiary/aromatic N) is 4. The molecule has 0 radical (unpaired) electrons. The van der Waals surface area contributed by atoms with Crippen LogP contribution in [-0.4, -0.2) is 26.0 Å². The van der Waals surface area contributed by atoms with Crippen molar-refractivity contribution in [2.45, 2.75) is 38.4 Å². The summed E-state index contributed by atoms with van der Waals surface area (Å²) in [5.74, 6) is 0. The number of nitriles is 1. The lowest BCUT2D eigenvalue weighted by Gasteiger charge is -2.23. The third-order valence-electron chi connectivity index (χ3n) is 4.41. The fraction of sp³-hybridized carbons (Fsp3) is 0.353. The molecule has 3 aromatic rings. The summed E-state index contributed by atoms with van der Waals surface area (Å²) in [5, 5.41) is 21.8. The molecular formula is C17H18N6. The van der Waals surface area contributed by atoms with Crippen molar-refractivity contribution in [1.82, 2.24) is 25.3 Å². The molecule has 23 heavy (non-hydrogen) atoms. The van der Waals surface area contributed by atoms with Crippen molar-refractivity contribution in [3.05, 3.63) is 47.4 Å². The van der Waals surface area contributed by atoms with Gasteiger partial charge < -0.3 is 10.3 Å². The van der Waals surface area contributed by atoms with E-state index in [9.17, 15) is 0 Å². The standard InChI is InChI=1S/C17H18N6/c18-7-3-4-12-10-23(22-21-12)11-13-8-15-14-5-1-2-6-16(14)20-17(15)9-19-13/h1-2,5-6,10,13,19-20H,3-4,8-9,11H2/t13-/m0/s1.